The molecular weight excluding hydrogens is 266 g/mol. The second kappa shape index (κ2) is 6.00. The fourth-order valence-electron chi connectivity index (χ4n) is 2.27. The third-order valence-corrected chi connectivity index (χ3v) is 5.38. The van der Waals surface area contributed by atoms with E-state index in [1.807, 2.05) is 19.1 Å². The Balaban J connectivity index is 2.40. The molecule has 1 saturated heterocycles. The van der Waals surface area contributed by atoms with Crippen molar-refractivity contribution in [1.82, 2.24) is 4.31 Å². The minimum Gasteiger partial charge on any atom is -0.395 e. The lowest BCUT2D eigenvalue weighted by atomic mass is 10.2. The molecule has 2 rings (SSSR count). The summed E-state index contributed by atoms with van der Waals surface area (Å²) in [6.45, 7) is 2.59. The van der Waals surface area contributed by atoms with Crippen molar-refractivity contribution in [3.63, 3.8) is 0 Å². The molecule has 1 atom stereocenters. The molecule has 0 radical (unpaired) electrons. The Morgan fingerprint density at radius 2 is 2.16 bits per heavy atom. The number of aliphatic hydroxyl groups is 1. The van der Waals surface area contributed by atoms with Crippen LogP contribution in [0.4, 0.5) is 0 Å². The quantitative estimate of drug-likeness (QED) is 0.881. The standard InChI is InChI=1S/C13H19NO4S/c1-2-11-5-3-4-6-13(11)19(16,17)14-7-8-18-10-12(14)9-15/h3-6,12,15H,2,7-10H2,1H3. The van der Waals surface area contributed by atoms with E-state index >= 15 is 0 Å². The summed E-state index contributed by atoms with van der Waals surface area (Å²) in [7, 11) is -3.57. The maximum Gasteiger partial charge on any atom is 0.243 e. The highest BCUT2D eigenvalue weighted by Crippen LogP contribution is 2.23. The van der Waals surface area contributed by atoms with E-state index in [2.05, 4.69) is 0 Å². The molecule has 5 nitrogen and oxygen atoms in total. The van der Waals surface area contributed by atoms with E-state index in [9.17, 15) is 13.5 Å². The van der Waals surface area contributed by atoms with E-state index < -0.39 is 16.1 Å². The Morgan fingerprint density at radius 1 is 1.42 bits per heavy atom. The maximum absolute atomic E-state index is 12.7. The van der Waals surface area contributed by atoms with E-state index in [0.29, 0.717) is 17.9 Å². The average Bonchev–Trinajstić information content (AvgIpc) is 2.47. The normalized spacial score (nSPS) is 21.5. The highest BCUT2D eigenvalue weighted by atomic mass is 32.2. The first-order valence-electron chi connectivity index (χ1n) is 6.39. The molecule has 0 amide bonds. The molecule has 19 heavy (non-hydrogen) atoms. The first-order valence-corrected chi connectivity index (χ1v) is 7.83. The van der Waals surface area contributed by atoms with Gasteiger partial charge in [0.15, 0.2) is 0 Å². The van der Waals surface area contributed by atoms with Crippen LogP contribution in [0.3, 0.4) is 0 Å². The highest BCUT2D eigenvalue weighted by molar-refractivity contribution is 7.89. The SMILES string of the molecule is CCc1ccccc1S(=O)(=O)N1CCOCC1CO. The molecule has 106 valence electrons. The topological polar surface area (TPSA) is 66.8 Å². The molecule has 0 aromatic heterocycles. The first kappa shape index (κ1) is 14.5. The van der Waals surface area contributed by atoms with Crippen LogP contribution >= 0.6 is 0 Å². The van der Waals surface area contributed by atoms with Gasteiger partial charge in [0.05, 0.1) is 30.8 Å². The summed E-state index contributed by atoms with van der Waals surface area (Å²) in [5.74, 6) is 0. The third-order valence-electron chi connectivity index (χ3n) is 3.32. The molecule has 1 fully saturated rings. The number of aryl methyl sites for hydroxylation is 1. The van der Waals surface area contributed by atoms with Gasteiger partial charge in [-0.25, -0.2) is 8.42 Å². The van der Waals surface area contributed by atoms with Crippen molar-refractivity contribution in [3.8, 4) is 0 Å². The van der Waals surface area contributed by atoms with E-state index in [0.717, 1.165) is 5.56 Å². The molecule has 0 saturated carbocycles. The van der Waals surface area contributed by atoms with Gasteiger partial charge in [-0.3, -0.25) is 0 Å². The van der Waals surface area contributed by atoms with Crippen molar-refractivity contribution in [2.24, 2.45) is 0 Å². The minimum absolute atomic E-state index is 0.229. The number of rotatable bonds is 4. The zero-order chi connectivity index (χ0) is 13.9. The molecule has 1 N–H and O–H groups in total. The van der Waals surface area contributed by atoms with Crippen molar-refractivity contribution >= 4 is 10.0 Å². The summed E-state index contributed by atoms with van der Waals surface area (Å²) >= 11 is 0. The minimum atomic E-state index is -3.57. The fourth-order valence-corrected chi connectivity index (χ4v) is 4.16. The van der Waals surface area contributed by atoms with Gasteiger partial charge in [0, 0.05) is 6.54 Å². The van der Waals surface area contributed by atoms with Crippen molar-refractivity contribution in [2.45, 2.75) is 24.3 Å². The Morgan fingerprint density at radius 3 is 2.84 bits per heavy atom. The summed E-state index contributed by atoms with van der Waals surface area (Å²) in [5.41, 5.74) is 0.797. The van der Waals surface area contributed by atoms with E-state index in [1.54, 1.807) is 12.1 Å². The number of ether oxygens (including phenoxy) is 1. The van der Waals surface area contributed by atoms with E-state index in [4.69, 9.17) is 4.74 Å². The van der Waals surface area contributed by atoms with E-state index in [1.165, 1.54) is 4.31 Å². The van der Waals surface area contributed by atoms with Crippen LogP contribution in [-0.2, 0) is 21.2 Å². The number of nitrogens with zero attached hydrogens (tertiary/aromatic N) is 1. The summed E-state index contributed by atoms with van der Waals surface area (Å²) in [6, 6.07) is 6.50. The molecule has 1 aromatic carbocycles. The predicted octanol–water partition coefficient (Wildman–Crippen LogP) is 0.631. The summed E-state index contributed by atoms with van der Waals surface area (Å²) in [4.78, 5) is 0.331. The van der Waals surface area contributed by atoms with Gasteiger partial charge >= 0.3 is 0 Å². The maximum atomic E-state index is 12.7. The number of hydrogen-bond donors (Lipinski definition) is 1. The number of benzene rings is 1. The monoisotopic (exact) mass is 285 g/mol. The highest BCUT2D eigenvalue weighted by Gasteiger charge is 2.34. The number of hydrogen-bond acceptors (Lipinski definition) is 4. The Labute approximate surface area is 113 Å². The van der Waals surface area contributed by atoms with Gasteiger partial charge in [0.2, 0.25) is 10.0 Å². The Hall–Kier alpha value is -0.950. The van der Waals surface area contributed by atoms with Crippen molar-refractivity contribution in [1.29, 1.82) is 0 Å². The third kappa shape index (κ3) is 2.81. The van der Waals surface area contributed by atoms with Gasteiger partial charge in [0.25, 0.3) is 0 Å². The number of aliphatic hydroxyl groups excluding tert-OH is 1. The Bertz CT molecular complexity index is 529. The van der Waals surface area contributed by atoms with Crippen LogP contribution in [0, 0.1) is 0 Å². The molecular formula is C13H19NO4S. The van der Waals surface area contributed by atoms with Crippen molar-refractivity contribution < 1.29 is 18.3 Å². The van der Waals surface area contributed by atoms with Crippen LogP contribution < -0.4 is 0 Å². The van der Waals surface area contributed by atoms with Crippen LogP contribution in [0.25, 0.3) is 0 Å². The zero-order valence-electron chi connectivity index (χ0n) is 10.9. The molecule has 0 aliphatic carbocycles. The Kier molecular flexibility index (Phi) is 4.57. The second-order valence-corrected chi connectivity index (χ2v) is 6.35. The largest absolute Gasteiger partial charge is 0.395 e. The lowest BCUT2D eigenvalue weighted by Gasteiger charge is -2.33. The lowest BCUT2D eigenvalue weighted by molar-refractivity contribution is 0.0109. The van der Waals surface area contributed by atoms with E-state index in [-0.39, 0.29) is 19.8 Å². The summed E-state index contributed by atoms with van der Waals surface area (Å²) in [6.07, 6.45) is 0.656. The van der Waals surface area contributed by atoms with Crippen LogP contribution in [0.2, 0.25) is 0 Å². The second-order valence-electron chi connectivity index (χ2n) is 4.49. The van der Waals surface area contributed by atoms with Crippen LogP contribution in [0.15, 0.2) is 29.2 Å². The van der Waals surface area contributed by atoms with Gasteiger partial charge < -0.3 is 9.84 Å². The molecule has 0 bridgehead atoms. The van der Waals surface area contributed by atoms with Crippen molar-refractivity contribution in [3.05, 3.63) is 29.8 Å². The van der Waals surface area contributed by atoms with Crippen LogP contribution in [-0.4, -0.2) is 50.2 Å². The van der Waals surface area contributed by atoms with Gasteiger partial charge in [-0.15, -0.1) is 0 Å². The van der Waals surface area contributed by atoms with Crippen LogP contribution in [0.5, 0.6) is 0 Å². The molecule has 6 heteroatoms. The molecule has 0 spiro atoms. The molecule has 1 aliphatic rings. The smallest absolute Gasteiger partial charge is 0.243 e. The summed E-state index contributed by atoms with van der Waals surface area (Å²) in [5, 5.41) is 9.31. The molecule has 1 aliphatic heterocycles. The van der Waals surface area contributed by atoms with Gasteiger partial charge in [0.1, 0.15) is 0 Å². The fraction of sp³-hybridized carbons (Fsp3) is 0.538. The zero-order valence-corrected chi connectivity index (χ0v) is 11.8. The number of sulfonamides is 1. The van der Waals surface area contributed by atoms with Crippen LogP contribution in [0.1, 0.15) is 12.5 Å². The van der Waals surface area contributed by atoms with Gasteiger partial charge in [-0.2, -0.15) is 4.31 Å². The average molecular weight is 285 g/mol. The predicted molar refractivity (Wildman–Crippen MR) is 71.4 cm³/mol. The lowest BCUT2D eigenvalue weighted by Crippen LogP contribution is -2.50. The van der Waals surface area contributed by atoms with Gasteiger partial charge in [-0.1, -0.05) is 25.1 Å². The van der Waals surface area contributed by atoms with Gasteiger partial charge in [-0.05, 0) is 18.1 Å². The first-order chi connectivity index (χ1) is 9.11. The number of morpholine rings is 1. The molecule has 1 aromatic rings. The molecule has 1 unspecified atom stereocenters. The summed E-state index contributed by atoms with van der Waals surface area (Å²) < 4.78 is 32.0. The van der Waals surface area contributed by atoms with Crippen molar-refractivity contribution in [2.75, 3.05) is 26.4 Å². The molecule has 1 heterocycles.